The third-order valence-corrected chi connectivity index (χ3v) is 3.44. The van der Waals surface area contributed by atoms with Crippen LogP contribution in [0.2, 0.25) is 0 Å². The topological polar surface area (TPSA) is 113 Å². The molecular weight excluding hydrogens is 248 g/mol. The lowest BCUT2D eigenvalue weighted by Crippen LogP contribution is -2.42. The number of aliphatic hydroxyl groups is 1. The standard InChI is InChI=1S/C12H20N4O3/c1-2-3-4-16-10(13)9(11(18)15-12(16)19)14-7-5-8(17)6-7/h7-8,14,17H,2-6,13H2,1H3,(H,15,18,19). The number of hydrogen-bond donors (Lipinski definition) is 4. The van der Waals surface area contributed by atoms with Gasteiger partial charge in [-0.25, -0.2) is 4.79 Å². The van der Waals surface area contributed by atoms with Gasteiger partial charge in [0.2, 0.25) is 0 Å². The van der Waals surface area contributed by atoms with Gasteiger partial charge >= 0.3 is 5.69 Å². The number of H-pyrrole nitrogens is 1. The largest absolute Gasteiger partial charge is 0.393 e. The first-order chi connectivity index (χ1) is 9.02. The fourth-order valence-corrected chi connectivity index (χ4v) is 2.18. The lowest BCUT2D eigenvalue weighted by Gasteiger charge is -2.32. The van der Waals surface area contributed by atoms with E-state index in [0.717, 1.165) is 12.8 Å². The summed E-state index contributed by atoms with van der Waals surface area (Å²) in [5.74, 6) is 0.170. The van der Waals surface area contributed by atoms with Gasteiger partial charge in [-0.2, -0.15) is 0 Å². The van der Waals surface area contributed by atoms with E-state index in [1.54, 1.807) is 0 Å². The molecule has 1 heterocycles. The van der Waals surface area contributed by atoms with E-state index in [1.165, 1.54) is 4.57 Å². The van der Waals surface area contributed by atoms with Crippen LogP contribution in [0.25, 0.3) is 0 Å². The van der Waals surface area contributed by atoms with Crippen LogP contribution in [0.5, 0.6) is 0 Å². The Balaban J connectivity index is 2.26. The number of hydrogen-bond acceptors (Lipinski definition) is 5. The SMILES string of the molecule is CCCCn1c(N)c(NC2CC(O)C2)c(=O)[nH]c1=O. The van der Waals surface area contributed by atoms with Crippen molar-refractivity contribution < 1.29 is 5.11 Å². The molecule has 106 valence electrons. The molecule has 2 rings (SSSR count). The van der Waals surface area contributed by atoms with Crippen molar-refractivity contribution in [2.24, 2.45) is 0 Å². The molecule has 0 aromatic carbocycles. The van der Waals surface area contributed by atoms with E-state index >= 15 is 0 Å². The van der Waals surface area contributed by atoms with Crippen LogP contribution in [0.15, 0.2) is 9.59 Å². The molecular formula is C12H20N4O3. The number of nitrogen functional groups attached to an aromatic ring is 1. The maximum Gasteiger partial charge on any atom is 0.330 e. The molecule has 0 bridgehead atoms. The van der Waals surface area contributed by atoms with Gasteiger partial charge in [-0.15, -0.1) is 0 Å². The van der Waals surface area contributed by atoms with Crippen molar-refractivity contribution in [3.63, 3.8) is 0 Å². The Morgan fingerprint density at radius 1 is 1.47 bits per heavy atom. The molecule has 0 aliphatic heterocycles. The van der Waals surface area contributed by atoms with Crippen molar-refractivity contribution in [1.82, 2.24) is 9.55 Å². The summed E-state index contributed by atoms with van der Waals surface area (Å²) >= 11 is 0. The molecule has 1 aromatic rings. The monoisotopic (exact) mass is 268 g/mol. The molecule has 1 saturated carbocycles. The van der Waals surface area contributed by atoms with Crippen LogP contribution in [-0.4, -0.2) is 26.8 Å². The van der Waals surface area contributed by atoms with Crippen LogP contribution in [-0.2, 0) is 6.54 Å². The Bertz CT molecular complexity index is 557. The second-order valence-corrected chi connectivity index (χ2v) is 4.99. The molecule has 1 aliphatic rings. The van der Waals surface area contributed by atoms with E-state index in [4.69, 9.17) is 5.73 Å². The van der Waals surface area contributed by atoms with Gasteiger partial charge in [-0.1, -0.05) is 13.3 Å². The van der Waals surface area contributed by atoms with Crippen LogP contribution in [0, 0.1) is 0 Å². The van der Waals surface area contributed by atoms with Crippen molar-refractivity contribution in [1.29, 1.82) is 0 Å². The van der Waals surface area contributed by atoms with Gasteiger partial charge in [0.1, 0.15) is 11.5 Å². The summed E-state index contributed by atoms with van der Waals surface area (Å²) < 4.78 is 1.38. The summed E-state index contributed by atoms with van der Waals surface area (Å²) in [5.41, 5.74) is 5.15. The third-order valence-electron chi connectivity index (χ3n) is 3.44. The number of nitrogens with zero attached hydrogens (tertiary/aromatic N) is 1. The van der Waals surface area contributed by atoms with Crippen LogP contribution < -0.4 is 22.3 Å². The van der Waals surface area contributed by atoms with Gasteiger partial charge < -0.3 is 16.2 Å². The van der Waals surface area contributed by atoms with Crippen molar-refractivity contribution in [3.8, 4) is 0 Å². The number of rotatable bonds is 5. The van der Waals surface area contributed by atoms with Gasteiger partial charge in [-0.05, 0) is 19.3 Å². The van der Waals surface area contributed by atoms with Crippen molar-refractivity contribution in [2.45, 2.75) is 51.3 Å². The van der Waals surface area contributed by atoms with Crippen LogP contribution in [0.4, 0.5) is 11.5 Å². The summed E-state index contributed by atoms with van der Waals surface area (Å²) in [6.45, 7) is 2.50. The minimum absolute atomic E-state index is 0.0375. The first-order valence-electron chi connectivity index (χ1n) is 6.60. The predicted molar refractivity (Wildman–Crippen MR) is 73.3 cm³/mol. The Kier molecular flexibility index (Phi) is 3.94. The Labute approximate surface area is 110 Å². The number of anilines is 2. The summed E-state index contributed by atoms with van der Waals surface area (Å²) in [7, 11) is 0. The highest BCUT2D eigenvalue weighted by Crippen LogP contribution is 2.24. The molecule has 1 aliphatic carbocycles. The van der Waals surface area contributed by atoms with E-state index in [-0.39, 0.29) is 23.7 Å². The Morgan fingerprint density at radius 3 is 2.74 bits per heavy atom. The average Bonchev–Trinajstić information content (AvgIpc) is 2.31. The molecule has 19 heavy (non-hydrogen) atoms. The van der Waals surface area contributed by atoms with Crippen molar-refractivity contribution in [3.05, 3.63) is 20.8 Å². The molecule has 7 heteroatoms. The quantitative estimate of drug-likeness (QED) is 0.593. The van der Waals surface area contributed by atoms with Gasteiger partial charge in [0.05, 0.1) is 6.10 Å². The second kappa shape index (κ2) is 5.48. The summed E-state index contributed by atoms with van der Waals surface area (Å²) in [6, 6.07) is 0.0375. The zero-order chi connectivity index (χ0) is 14.0. The molecule has 0 radical (unpaired) electrons. The molecule has 1 aromatic heterocycles. The van der Waals surface area contributed by atoms with Crippen molar-refractivity contribution >= 4 is 11.5 Å². The van der Waals surface area contributed by atoms with Crippen LogP contribution in [0.3, 0.4) is 0 Å². The molecule has 0 spiro atoms. The number of unbranched alkanes of at least 4 members (excludes halogenated alkanes) is 1. The summed E-state index contributed by atoms with van der Waals surface area (Å²) in [4.78, 5) is 25.7. The number of aromatic nitrogens is 2. The molecule has 5 N–H and O–H groups in total. The average molecular weight is 268 g/mol. The molecule has 0 atom stereocenters. The molecule has 1 fully saturated rings. The first-order valence-corrected chi connectivity index (χ1v) is 6.60. The van der Waals surface area contributed by atoms with E-state index in [2.05, 4.69) is 10.3 Å². The van der Waals surface area contributed by atoms with Gasteiger partial charge in [0, 0.05) is 12.6 Å². The van der Waals surface area contributed by atoms with E-state index < -0.39 is 11.2 Å². The third kappa shape index (κ3) is 2.81. The number of nitrogens with one attached hydrogen (secondary N) is 2. The minimum Gasteiger partial charge on any atom is -0.393 e. The normalized spacial score (nSPS) is 22.0. The highest BCUT2D eigenvalue weighted by atomic mass is 16.3. The van der Waals surface area contributed by atoms with Gasteiger partial charge in [0.15, 0.2) is 0 Å². The zero-order valence-corrected chi connectivity index (χ0v) is 11.0. The number of aliphatic hydroxyl groups excluding tert-OH is 1. The highest BCUT2D eigenvalue weighted by molar-refractivity contribution is 5.61. The van der Waals surface area contributed by atoms with Crippen LogP contribution >= 0.6 is 0 Å². The lowest BCUT2D eigenvalue weighted by atomic mass is 9.89. The van der Waals surface area contributed by atoms with Gasteiger partial charge in [-0.3, -0.25) is 14.3 Å². The fourth-order valence-electron chi connectivity index (χ4n) is 2.18. The van der Waals surface area contributed by atoms with Crippen LogP contribution in [0.1, 0.15) is 32.6 Å². The number of aromatic amines is 1. The maximum absolute atomic E-state index is 11.8. The molecule has 0 saturated heterocycles. The minimum atomic E-state index is -0.503. The first kappa shape index (κ1) is 13.7. The molecule has 0 amide bonds. The summed E-state index contributed by atoms with van der Waals surface area (Å²) in [6.07, 6.45) is 2.61. The lowest BCUT2D eigenvalue weighted by molar-refractivity contribution is 0.0836. The fraction of sp³-hybridized carbons (Fsp3) is 0.667. The van der Waals surface area contributed by atoms with Crippen molar-refractivity contribution in [2.75, 3.05) is 11.1 Å². The second-order valence-electron chi connectivity index (χ2n) is 4.99. The molecule has 0 unspecified atom stereocenters. The van der Waals surface area contributed by atoms with E-state index in [9.17, 15) is 14.7 Å². The summed E-state index contributed by atoms with van der Waals surface area (Å²) in [5, 5.41) is 12.2. The van der Waals surface area contributed by atoms with Gasteiger partial charge in [0.25, 0.3) is 5.56 Å². The highest BCUT2D eigenvalue weighted by Gasteiger charge is 2.28. The molecule has 7 nitrogen and oxygen atoms in total. The predicted octanol–water partition coefficient (Wildman–Crippen LogP) is -0.146. The Hall–Kier alpha value is -1.76. The smallest absolute Gasteiger partial charge is 0.330 e. The van der Waals surface area contributed by atoms with E-state index in [1.807, 2.05) is 6.92 Å². The van der Waals surface area contributed by atoms with E-state index in [0.29, 0.717) is 19.4 Å². The Morgan fingerprint density at radius 2 is 2.16 bits per heavy atom. The maximum atomic E-state index is 11.8. The number of nitrogens with two attached hydrogens (primary N) is 1. The zero-order valence-electron chi connectivity index (χ0n) is 11.0.